The van der Waals surface area contributed by atoms with Gasteiger partial charge in [-0.25, -0.2) is 8.78 Å². The molecule has 3 rings (SSSR count). The summed E-state index contributed by atoms with van der Waals surface area (Å²) < 4.78 is 33.2. The van der Waals surface area contributed by atoms with Gasteiger partial charge in [0.1, 0.15) is 23.1 Å². The summed E-state index contributed by atoms with van der Waals surface area (Å²) in [5.74, 6) is 0.314. The van der Waals surface area contributed by atoms with Gasteiger partial charge in [-0.05, 0) is 35.4 Å². The second kappa shape index (κ2) is 7.01. The van der Waals surface area contributed by atoms with Gasteiger partial charge in [0, 0.05) is 18.8 Å². The largest absolute Gasteiger partial charge is 0.511 e. The fraction of sp³-hybridized carbons (Fsp3) is 0.190. The molecular formula is C21H16F2O3. The van der Waals surface area contributed by atoms with Crippen molar-refractivity contribution in [3.63, 3.8) is 0 Å². The number of rotatable bonds is 4. The number of allylic oxidation sites excluding steroid dienone is 2. The molecule has 0 aromatic heterocycles. The van der Waals surface area contributed by atoms with E-state index in [1.807, 2.05) is 0 Å². The lowest BCUT2D eigenvalue weighted by Gasteiger charge is -2.13. The number of aliphatic hydroxyl groups excluding tert-OH is 1. The minimum absolute atomic E-state index is 0.0354. The van der Waals surface area contributed by atoms with E-state index in [4.69, 9.17) is 11.2 Å². The highest BCUT2D eigenvalue weighted by molar-refractivity contribution is 6.24. The molecule has 26 heavy (non-hydrogen) atoms. The summed E-state index contributed by atoms with van der Waals surface area (Å²) in [6, 6.07) is 8.36. The highest BCUT2D eigenvalue weighted by Gasteiger charge is 2.35. The number of benzene rings is 2. The van der Waals surface area contributed by atoms with Crippen LogP contribution in [0.4, 0.5) is 8.78 Å². The van der Waals surface area contributed by atoms with E-state index in [0.717, 1.165) is 0 Å². The summed E-state index contributed by atoms with van der Waals surface area (Å²) in [5.41, 5.74) is 0.885. The number of Topliss-reactive ketones (excluding diaryl/α,β-unsaturated/α-hetero) is 1. The molecule has 0 spiro atoms. The van der Waals surface area contributed by atoms with Crippen LogP contribution in [0, 0.1) is 29.9 Å². The summed E-state index contributed by atoms with van der Waals surface area (Å²) in [4.78, 5) is 12.3. The number of ether oxygens (including phenoxy) is 1. The minimum Gasteiger partial charge on any atom is -0.511 e. The summed E-state index contributed by atoms with van der Waals surface area (Å²) in [5, 5.41) is 10.4. The van der Waals surface area contributed by atoms with Crippen LogP contribution < -0.4 is 4.74 Å². The molecule has 132 valence electrons. The third kappa shape index (κ3) is 3.06. The van der Waals surface area contributed by atoms with Crippen molar-refractivity contribution in [3.05, 3.63) is 59.4 Å². The average molecular weight is 354 g/mol. The van der Waals surface area contributed by atoms with Crippen molar-refractivity contribution < 1.29 is 23.4 Å². The SMILES string of the molecule is C#CCC1CC(=O)C(c2c(F)cc(-c3ccc(F)cc3)cc2OC)=C1O. The molecule has 0 fully saturated rings. The molecule has 1 N–H and O–H groups in total. The van der Waals surface area contributed by atoms with Gasteiger partial charge in [0.05, 0.1) is 18.2 Å². The van der Waals surface area contributed by atoms with Gasteiger partial charge < -0.3 is 9.84 Å². The Bertz CT molecular complexity index is 937. The Labute approximate surface area is 149 Å². The van der Waals surface area contributed by atoms with E-state index in [2.05, 4.69) is 5.92 Å². The maximum atomic E-state index is 14.9. The molecule has 2 aromatic rings. The van der Waals surface area contributed by atoms with Crippen molar-refractivity contribution >= 4 is 11.4 Å². The van der Waals surface area contributed by atoms with Crippen LogP contribution in [0.15, 0.2) is 42.2 Å². The lowest BCUT2D eigenvalue weighted by atomic mass is 9.97. The van der Waals surface area contributed by atoms with Crippen molar-refractivity contribution in [1.82, 2.24) is 0 Å². The Balaban J connectivity index is 2.13. The first-order chi connectivity index (χ1) is 12.5. The molecule has 0 amide bonds. The van der Waals surface area contributed by atoms with Crippen LogP contribution in [-0.2, 0) is 4.79 Å². The maximum absolute atomic E-state index is 14.9. The van der Waals surface area contributed by atoms with Gasteiger partial charge >= 0.3 is 0 Å². The molecule has 0 radical (unpaired) electrons. The molecule has 1 unspecified atom stereocenters. The van der Waals surface area contributed by atoms with E-state index in [-0.39, 0.29) is 41.3 Å². The first-order valence-electron chi connectivity index (χ1n) is 8.00. The Hall–Kier alpha value is -3.13. The third-order valence-corrected chi connectivity index (χ3v) is 4.42. The van der Waals surface area contributed by atoms with Crippen LogP contribution in [-0.4, -0.2) is 18.0 Å². The molecule has 3 nitrogen and oxygen atoms in total. The number of hydrogen-bond acceptors (Lipinski definition) is 3. The van der Waals surface area contributed by atoms with Gasteiger partial charge in [0.2, 0.25) is 0 Å². The van der Waals surface area contributed by atoms with Gasteiger partial charge in [-0.15, -0.1) is 12.3 Å². The monoisotopic (exact) mass is 354 g/mol. The van der Waals surface area contributed by atoms with Gasteiger partial charge in [-0.1, -0.05) is 12.1 Å². The predicted molar refractivity (Wildman–Crippen MR) is 94.5 cm³/mol. The number of ketones is 1. The Morgan fingerprint density at radius 1 is 1.23 bits per heavy atom. The van der Waals surface area contributed by atoms with Crippen molar-refractivity contribution in [3.8, 4) is 29.2 Å². The van der Waals surface area contributed by atoms with E-state index in [1.165, 1.54) is 37.4 Å². The second-order valence-corrected chi connectivity index (χ2v) is 6.03. The first-order valence-corrected chi connectivity index (χ1v) is 8.00. The topological polar surface area (TPSA) is 46.5 Å². The molecular weight excluding hydrogens is 338 g/mol. The fourth-order valence-electron chi connectivity index (χ4n) is 3.14. The molecule has 0 aliphatic heterocycles. The molecule has 0 heterocycles. The minimum atomic E-state index is -0.708. The van der Waals surface area contributed by atoms with Gasteiger partial charge in [0.25, 0.3) is 0 Å². The van der Waals surface area contributed by atoms with E-state index in [0.29, 0.717) is 11.1 Å². The molecule has 2 aromatic carbocycles. The standard InChI is InChI=1S/C21H16F2O3/c1-3-4-13-10-17(24)20(21(13)25)19-16(23)9-14(11-18(19)26-2)12-5-7-15(22)8-6-12/h1,5-9,11,13,25H,4,10H2,2H3. The molecule has 1 aliphatic rings. The molecule has 1 atom stereocenters. The number of carbonyl (C=O) groups is 1. The quantitative estimate of drug-likeness (QED) is 0.821. The van der Waals surface area contributed by atoms with Gasteiger partial charge in [-0.3, -0.25) is 4.79 Å². The van der Waals surface area contributed by atoms with Crippen LogP contribution in [0.2, 0.25) is 0 Å². The Morgan fingerprint density at radius 3 is 2.54 bits per heavy atom. The van der Waals surface area contributed by atoms with Gasteiger partial charge in [0.15, 0.2) is 5.78 Å². The first kappa shape index (κ1) is 17.7. The van der Waals surface area contributed by atoms with Crippen molar-refractivity contribution in [2.75, 3.05) is 7.11 Å². The molecule has 5 heteroatoms. The zero-order valence-electron chi connectivity index (χ0n) is 14.1. The molecule has 0 saturated carbocycles. The van der Waals surface area contributed by atoms with Crippen LogP contribution in [0.5, 0.6) is 5.75 Å². The highest BCUT2D eigenvalue weighted by Crippen LogP contribution is 2.42. The molecule has 0 bridgehead atoms. The lowest BCUT2D eigenvalue weighted by Crippen LogP contribution is -2.03. The zero-order chi connectivity index (χ0) is 18.8. The summed E-state index contributed by atoms with van der Waals surface area (Å²) in [6.45, 7) is 0. The smallest absolute Gasteiger partial charge is 0.167 e. The maximum Gasteiger partial charge on any atom is 0.167 e. The third-order valence-electron chi connectivity index (χ3n) is 4.42. The normalized spacial score (nSPS) is 16.7. The van der Waals surface area contributed by atoms with Crippen LogP contribution >= 0.6 is 0 Å². The summed E-state index contributed by atoms with van der Waals surface area (Å²) in [6.07, 6.45) is 5.49. The second-order valence-electron chi connectivity index (χ2n) is 6.03. The van der Waals surface area contributed by atoms with Crippen molar-refractivity contribution in [1.29, 1.82) is 0 Å². The highest BCUT2D eigenvalue weighted by atomic mass is 19.1. The van der Waals surface area contributed by atoms with Crippen LogP contribution in [0.25, 0.3) is 16.7 Å². The summed E-state index contributed by atoms with van der Waals surface area (Å²) in [7, 11) is 1.35. The number of halogens is 2. The number of hydrogen-bond donors (Lipinski definition) is 1. The predicted octanol–water partition coefficient (Wildman–Crippen LogP) is 4.52. The van der Waals surface area contributed by atoms with Gasteiger partial charge in [-0.2, -0.15) is 0 Å². The van der Waals surface area contributed by atoms with Crippen LogP contribution in [0.1, 0.15) is 18.4 Å². The molecule has 1 aliphatic carbocycles. The fourth-order valence-corrected chi connectivity index (χ4v) is 3.14. The van der Waals surface area contributed by atoms with Crippen LogP contribution in [0.3, 0.4) is 0 Å². The number of carbonyl (C=O) groups excluding carboxylic acids is 1. The van der Waals surface area contributed by atoms with E-state index in [9.17, 15) is 18.7 Å². The Morgan fingerprint density at radius 2 is 1.92 bits per heavy atom. The number of terminal acetylenes is 1. The Kier molecular flexibility index (Phi) is 4.77. The zero-order valence-corrected chi connectivity index (χ0v) is 14.1. The van der Waals surface area contributed by atoms with Crippen molar-refractivity contribution in [2.45, 2.75) is 12.8 Å². The van der Waals surface area contributed by atoms with E-state index in [1.54, 1.807) is 6.07 Å². The number of methoxy groups -OCH3 is 1. The lowest BCUT2D eigenvalue weighted by molar-refractivity contribution is -0.113. The molecule has 0 saturated heterocycles. The van der Waals surface area contributed by atoms with E-state index < -0.39 is 17.6 Å². The van der Waals surface area contributed by atoms with E-state index >= 15 is 0 Å². The average Bonchev–Trinajstić information content (AvgIpc) is 2.89. The summed E-state index contributed by atoms with van der Waals surface area (Å²) >= 11 is 0. The van der Waals surface area contributed by atoms with Crippen molar-refractivity contribution in [2.24, 2.45) is 5.92 Å². The number of aliphatic hydroxyl groups is 1.